The second-order valence-electron chi connectivity index (χ2n) is 3.05. The van der Waals surface area contributed by atoms with E-state index in [1.165, 1.54) is 6.42 Å². The van der Waals surface area contributed by atoms with Crippen LogP contribution in [0.1, 0.15) is 39.0 Å². The lowest BCUT2D eigenvalue weighted by Crippen LogP contribution is -2.17. The summed E-state index contributed by atoms with van der Waals surface area (Å²) in [6.45, 7) is 2.09. The molecular formula is C10H16N2. The Kier molecular flexibility index (Phi) is 3.71. The van der Waals surface area contributed by atoms with Crippen molar-refractivity contribution >= 4 is 11.4 Å². The highest BCUT2D eigenvalue weighted by atomic mass is 14.7. The lowest BCUT2D eigenvalue weighted by Gasteiger charge is -2.12. The number of nitrogens with one attached hydrogen (secondary N) is 1. The molecule has 0 unspecified atom stereocenters. The van der Waals surface area contributed by atoms with Gasteiger partial charge < -0.3 is 5.41 Å². The fraction of sp³-hybridized carbons (Fsp3) is 0.600. The quantitative estimate of drug-likeness (QED) is 0.651. The smallest absolute Gasteiger partial charge is 0.0610 e. The van der Waals surface area contributed by atoms with Gasteiger partial charge in [0.1, 0.15) is 0 Å². The molecule has 0 radical (unpaired) electrons. The third-order valence-corrected chi connectivity index (χ3v) is 2.01. The molecule has 1 aliphatic carbocycles. The first kappa shape index (κ1) is 9.17. The Morgan fingerprint density at radius 2 is 2.17 bits per heavy atom. The van der Waals surface area contributed by atoms with E-state index in [0.717, 1.165) is 37.1 Å². The minimum Gasteiger partial charge on any atom is -0.303 e. The lowest BCUT2D eigenvalue weighted by atomic mass is 9.96. The van der Waals surface area contributed by atoms with Crippen LogP contribution in [0.4, 0.5) is 0 Å². The number of allylic oxidation sites excluding steroid dienone is 1. The van der Waals surface area contributed by atoms with Gasteiger partial charge in [-0.05, 0) is 32.1 Å². The predicted molar refractivity (Wildman–Crippen MR) is 53.1 cm³/mol. The van der Waals surface area contributed by atoms with Crippen LogP contribution in [0, 0.1) is 5.41 Å². The average Bonchev–Trinajstić information content (AvgIpc) is 2.09. The molecule has 1 aliphatic rings. The molecule has 0 atom stereocenters. The predicted octanol–water partition coefficient (Wildman–Crippen LogP) is 2.94. The van der Waals surface area contributed by atoms with Crippen LogP contribution >= 0.6 is 0 Å². The summed E-state index contributed by atoms with van der Waals surface area (Å²) in [5, 5.41) is 7.62. The first-order valence-electron chi connectivity index (χ1n) is 4.64. The van der Waals surface area contributed by atoms with Gasteiger partial charge >= 0.3 is 0 Å². The second kappa shape index (κ2) is 4.86. The van der Waals surface area contributed by atoms with Gasteiger partial charge in [0.15, 0.2) is 0 Å². The molecule has 2 heteroatoms. The van der Waals surface area contributed by atoms with Crippen LogP contribution in [0.3, 0.4) is 0 Å². The molecule has 12 heavy (non-hydrogen) atoms. The third-order valence-electron chi connectivity index (χ3n) is 2.01. The molecule has 1 N–H and O–H groups in total. The van der Waals surface area contributed by atoms with Crippen molar-refractivity contribution in [3.63, 3.8) is 0 Å². The summed E-state index contributed by atoms with van der Waals surface area (Å²) in [6, 6.07) is 0. The number of nitrogens with zero attached hydrogens (tertiary/aromatic N) is 1. The maximum atomic E-state index is 7.62. The minimum absolute atomic E-state index is 0.738. The van der Waals surface area contributed by atoms with Gasteiger partial charge in [-0.2, -0.15) is 0 Å². The Morgan fingerprint density at radius 1 is 1.42 bits per heavy atom. The van der Waals surface area contributed by atoms with Crippen LogP contribution < -0.4 is 0 Å². The molecule has 0 aliphatic heterocycles. The normalized spacial score (nSPS) is 22.4. The van der Waals surface area contributed by atoms with Crippen LogP contribution in [0.15, 0.2) is 17.3 Å². The van der Waals surface area contributed by atoms with Gasteiger partial charge in [-0.15, -0.1) is 0 Å². The standard InChI is InChI=1S/C10H16N2/c1-2-3-8-12-10-7-5-4-6-9(10)11/h3,8,11H,2,4-7H2,1H3/b8-3-,11-9?,12-10?. The van der Waals surface area contributed by atoms with Crippen molar-refractivity contribution in [3.8, 4) is 0 Å². The maximum absolute atomic E-state index is 7.62. The Labute approximate surface area is 73.9 Å². The van der Waals surface area contributed by atoms with E-state index in [9.17, 15) is 0 Å². The van der Waals surface area contributed by atoms with Crippen molar-refractivity contribution in [2.45, 2.75) is 39.0 Å². The van der Waals surface area contributed by atoms with Crippen LogP contribution in [-0.4, -0.2) is 11.4 Å². The van der Waals surface area contributed by atoms with Crippen LogP contribution in [0.25, 0.3) is 0 Å². The minimum atomic E-state index is 0.738. The van der Waals surface area contributed by atoms with Gasteiger partial charge in [-0.25, -0.2) is 0 Å². The van der Waals surface area contributed by atoms with E-state index in [-0.39, 0.29) is 0 Å². The highest BCUT2D eigenvalue weighted by Gasteiger charge is 2.11. The molecule has 1 fully saturated rings. The van der Waals surface area contributed by atoms with Gasteiger partial charge in [0, 0.05) is 6.20 Å². The molecule has 1 rings (SSSR count). The van der Waals surface area contributed by atoms with Gasteiger partial charge in [0.25, 0.3) is 0 Å². The van der Waals surface area contributed by atoms with Crippen LogP contribution in [0.2, 0.25) is 0 Å². The van der Waals surface area contributed by atoms with Crippen molar-refractivity contribution in [1.29, 1.82) is 5.41 Å². The molecule has 0 aromatic rings. The van der Waals surface area contributed by atoms with E-state index in [1.807, 2.05) is 12.3 Å². The van der Waals surface area contributed by atoms with E-state index in [4.69, 9.17) is 5.41 Å². The number of hydrogen-bond acceptors (Lipinski definition) is 2. The largest absolute Gasteiger partial charge is 0.303 e. The zero-order valence-electron chi connectivity index (χ0n) is 7.64. The van der Waals surface area contributed by atoms with E-state index < -0.39 is 0 Å². The summed E-state index contributed by atoms with van der Waals surface area (Å²) in [7, 11) is 0. The summed E-state index contributed by atoms with van der Waals surface area (Å²) < 4.78 is 0. The van der Waals surface area contributed by atoms with Crippen molar-refractivity contribution < 1.29 is 0 Å². The molecule has 2 nitrogen and oxygen atoms in total. The van der Waals surface area contributed by atoms with Crippen molar-refractivity contribution in [3.05, 3.63) is 12.3 Å². The molecular weight excluding hydrogens is 148 g/mol. The Balaban J connectivity index is 2.53. The van der Waals surface area contributed by atoms with Gasteiger partial charge in [0.05, 0.1) is 11.4 Å². The highest BCUT2D eigenvalue weighted by molar-refractivity contribution is 6.41. The third kappa shape index (κ3) is 2.61. The number of aliphatic imine (C=N–C) groups is 1. The van der Waals surface area contributed by atoms with Gasteiger partial charge in [-0.3, -0.25) is 4.99 Å². The van der Waals surface area contributed by atoms with Crippen molar-refractivity contribution in [2.24, 2.45) is 4.99 Å². The molecule has 0 bridgehead atoms. The topological polar surface area (TPSA) is 36.2 Å². The van der Waals surface area contributed by atoms with Gasteiger partial charge in [-0.1, -0.05) is 13.0 Å². The number of rotatable bonds is 2. The molecule has 0 spiro atoms. The monoisotopic (exact) mass is 164 g/mol. The Morgan fingerprint density at radius 3 is 2.83 bits per heavy atom. The average molecular weight is 164 g/mol. The molecule has 0 aromatic carbocycles. The Hall–Kier alpha value is -0.920. The summed E-state index contributed by atoms with van der Waals surface area (Å²) in [5.41, 5.74) is 1.73. The van der Waals surface area contributed by atoms with E-state index in [0.29, 0.717) is 0 Å². The molecule has 0 amide bonds. The molecule has 1 saturated carbocycles. The first-order chi connectivity index (χ1) is 5.84. The SMILES string of the molecule is CC/C=C\N=C1CCCCC1=N. The van der Waals surface area contributed by atoms with E-state index >= 15 is 0 Å². The lowest BCUT2D eigenvalue weighted by molar-refractivity contribution is 0.774. The second-order valence-corrected chi connectivity index (χ2v) is 3.05. The van der Waals surface area contributed by atoms with Crippen molar-refractivity contribution in [1.82, 2.24) is 0 Å². The van der Waals surface area contributed by atoms with Crippen molar-refractivity contribution in [2.75, 3.05) is 0 Å². The van der Waals surface area contributed by atoms with E-state index in [1.54, 1.807) is 0 Å². The number of hydrogen-bond donors (Lipinski definition) is 1. The molecule has 0 heterocycles. The Bertz CT molecular complexity index is 214. The molecule has 0 saturated heterocycles. The zero-order chi connectivity index (χ0) is 8.81. The van der Waals surface area contributed by atoms with E-state index in [2.05, 4.69) is 11.9 Å². The van der Waals surface area contributed by atoms with Crippen LogP contribution in [0.5, 0.6) is 0 Å². The summed E-state index contributed by atoms with van der Waals surface area (Å²) >= 11 is 0. The fourth-order valence-corrected chi connectivity index (χ4v) is 1.28. The van der Waals surface area contributed by atoms with Crippen LogP contribution in [-0.2, 0) is 0 Å². The first-order valence-corrected chi connectivity index (χ1v) is 4.64. The maximum Gasteiger partial charge on any atom is 0.0610 e. The summed E-state index contributed by atoms with van der Waals surface area (Å²) in [5.74, 6) is 0. The summed E-state index contributed by atoms with van der Waals surface area (Å²) in [4.78, 5) is 4.27. The van der Waals surface area contributed by atoms with Gasteiger partial charge in [0.2, 0.25) is 0 Å². The highest BCUT2D eigenvalue weighted by Crippen LogP contribution is 2.12. The fourth-order valence-electron chi connectivity index (χ4n) is 1.28. The summed E-state index contributed by atoms with van der Waals surface area (Å²) in [6.07, 6.45) is 9.14. The molecule has 0 aromatic heterocycles. The zero-order valence-corrected chi connectivity index (χ0v) is 7.64. The molecule has 66 valence electrons.